The molecule has 1 amide bonds. The Morgan fingerprint density at radius 1 is 1.16 bits per heavy atom. The molecular formula is C23H21BrF5N5O3S. The van der Waals surface area contributed by atoms with E-state index < -0.39 is 57.0 Å². The van der Waals surface area contributed by atoms with Crippen molar-refractivity contribution in [3.05, 3.63) is 68.7 Å². The quantitative estimate of drug-likeness (QED) is 0.314. The number of hydrogen-bond donors (Lipinski definition) is 1. The van der Waals surface area contributed by atoms with Crippen LogP contribution >= 0.6 is 15.9 Å². The highest BCUT2D eigenvalue weighted by atomic mass is 79.9. The zero-order valence-corrected chi connectivity index (χ0v) is 22.2. The number of hydrogen-bond acceptors (Lipinski definition) is 6. The number of carbonyl (C=O) groups is 1. The Labute approximate surface area is 222 Å². The Bertz CT molecular complexity index is 1470. The fraction of sp³-hybridized carbons (Fsp3) is 0.391. The molecule has 3 aromatic rings. The average molecular weight is 622 g/mol. The van der Waals surface area contributed by atoms with E-state index in [9.17, 15) is 35.2 Å². The van der Waals surface area contributed by atoms with Crippen molar-refractivity contribution in [2.75, 3.05) is 6.26 Å². The number of amides is 1. The van der Waals surface area contributed by atoms with E-state index in [1.165, 1.54) is 0 Å². The van der Waals surface area contributed by atoms with Crippen LogP contribution in [0, 0.1) is 11.6 Å². The van der Waals surface area contributed by atoms with Crippen LogP contribution in [0.15, 0.2) is 34.0 Å². The van der Waals surface area contributed by atoms with Gasteiger partial charge < -0.3 is 5.32 Å². The summed E-state index contributed by atoms with van der Waals surface area (Å²) in [5.41, 5.74) is -0.514. The van der Waals surface area contributed by atoms with Crippen LogP contribution in [0.5, 0.6) is 0 Å². The number of sulfone groups is 1. The van der Waals surface area contributed by atoms with Crippen molar-refractivity contribution in [3.63, 3.8) is 0 Å². The van der Waals surface area contributed by atoms with Gasteiger partial charge in [-0.3, -0.25) is 9.48 Å². The summed E-state index contributed by atoms with van der Waals surface area (Å²) in [6, 6.07) is 1.61. The molecule has 1 N–H and O–H groups in total. The third-order valence-corrected chi connectivity index (χ3v) is 7.40. The molecule has 2 heterocycles. The maximum absolute atomic E-state index is 13.8. The van der Waals surface area contributed by atoms with Crippen LogP contribution < -0.4 is 5.32 Å². The Morgan fingerprint density at radius 2 is 1.82 bits per heavy atom. The summed E-state index contributed by atoms with van der Waals surface area (Å²) >= 11 is 3.21. The van der Waals surface area contributed by atoms with Crippen LogP contribution in [0.1, 0.15) is 47.1 Å². The van der Waals surface area contributed by atoms with Gasteiger partial charge in [0.05, 0.1) is 16.2 Å². The van der Waals surface area contributed by atoms with Crippen LogP contribution in [0.2, 0.25) is 0 Å². The molecule has 2 aromatic heterocycles. The number of nitrogens with zero attached hydrogens (tertiary/aromatic N) is 4. The second-order valence-electron chi connectivity index (χ2n) is 8.90. The van der Waals surface area contributed by atoms with Crippen molar-refractivity contribution in [2.45, 2.75) is 56.0 Å². The average Bonchev–Trinajstić information content (AvgIpc) is 3.16. The van der Waals surface area contributed by atoms with Gasteiger partial charge in [-0.2, -0.15) is 18.3 Å². The lowest BCUT2D eigenvalue weighted by molar-refractivity contribution is -0.142. The molecule has 1 unspecified atom stereocenters. The first kappa shape index (κ1) is 28.1. The van der Waals surface area contributed by atoms with Crippen molar-refractivity contribution in [3.8, 4) is 0 Å². The monoisotopic (exact) mass is 621 g/mol. The molecule has 0 spiro atoms. The SMILES string of the molecule is CS(=O)(=O)c1ncc(Br)c(C(Cc2cc(F)cc(F)c2)NC(=O)Cn2nc(C(F)(F)F)c3c2CCCC3)n1. The highest BCUT2D eigenvalue weighted by Gasteiger charge is 2.39. The van der Waals surface area contributed by atoms with Gasteiger partial charge >= 0.3 is 6.18 Å². The molecule has 0 fully saturated rings. The molecule has 1 aliphatic rings. The van der Waals surface area contributed by atoms with Gasteiger partial charge in [0, 0.05) is 29.8 Å². The summed E-state index contributed by atoms with van der Waals surface area (Å²) in [7, 11) is -3.86. The van der Waals surface area contributed by atoms with Crippen molar-refractivity contribution in [1.82, 2.24) is 25.1 Å². The minimum Gasteiger partial charge on any atom is -0.346 e. The predicted molar refractivity (Wildman–Crippen MR) is 128 cm³/mol. The highest BCUT2D eigenvalue weighted by molar-refractivity contribution is 9.10. The van der Waals surface area contributed by atoms with Gasteiger partial charge in [0.1, 0.15) is 18.2 Å². The van der Waals surface area contributed by atoms with E-state index in [0.717, 1.165) is 29.3 Å². The molecule has 0 saturated carbocycles. The molecule has 38 heavy (non-hydrogen) atoms. The second-order valence-corrected chi connectivity index (χ2v) is 11.7. The lowest BCUT2D eigenvalue weighted by atomic mass is 9.95. The largest absolute Gasteiger partial charge is 0.435 e. The van der Waals surface area contributed by atoms with Gasteiger partial charge in [-0.1, -0.05) is 0 Å². The van der Waals surface area contributed by atoms with Crippen molar-refractivity contribution >= 4 is 31.7 Å². The zero-order chi connectivity index (χ0) is 27.8. The minimum absolute atomic E-state index is 0.00285. The molecule has 204 valence electrons. The molecule has 0 bridgehead atoms. The Morgan fingerprint density at radius 3 is 2.45 bits per heavy atom. The normalized spacial score (nSPS) is 14.7. The topological polar surface area (TPSA) is 107 Å². The molecule has 4 rings (SSSR count). The number of alkyl halides is 3. The van der Waals surface area contributed by atoms with Crippen molar-refractivity contribution < 1.29 is 35.2 Å². The molecule has 0 radical (unpaired) electrons. The van der Waals surface area contributed by atoms with E-state index in [-0.39, 0.29) is 34.1 Å². The maximum atomic E-state index is 13.8. The summed E-state index contributed by atoms with van der Waals surface area (Å²) in [6.45, 7) is -0.561. The summed E-state index contributed by atoms with van der Waals surface area (Å²) in [4.78, 5) is 20.9. The number of halogens is 6. The van der Waals surface area contributed by atoms with Crippen LogP contribution in [0.4, 0.5) is 22.0 Å². The lowest BCUT2D eigenvalue weighted by Gasteiger charge is -2.21. The number of benzene rings is 1. The third-order valence-electron chi connectivity index (χ3n) is 5.93. The van der Waals surface area contributed by atoms with Gasteiger partial charge in [0.25, 0.3) is 0 Å². The fourth-order valence-corrected chi connectivity index (χ4v) is 5.35. The zero-order valence-electron chi connectivity index (χ0n) is 19.8. The van der Waals surface area contributed by atoms with E-state index >= 15 is 0 Å². The van der Waals surface area contributed by atoms with Crippen molar-refractivity contribution in [2.24, 2.45) is 0 Å². The second kappa shape index (κ2) is 10.7. The summed E-state index contributed by atoms with van der Waals surface area (Å²) in [6.07, 6.45) is -1.11. The number of fused-ring (bicyclic) bond motifs is 1. The molecule has 15 heteroatoms. The fourth-order valence-electron chi connectivity index (χ4n) is 4.37. The summed E-state index contributed by atoms with van der Waals surface area (Å²) in [5, 5.41) is 5.73. The minimum atomic E-state index is -4.68. The van der Waals surface area contributed by atoms with Crippen molar-refractivity contribution in [1.29, 1.82) is 0 Å². The Kier molecular flexibility index (Phi) is 7.89. The first-order chi connectivity index (χ1) is 17.7. The number of aromatic nitrogens is 4. The summed E-state index contributed by atoms with van der Waals surface area (Å²) in [5.74, 6) is -2.50. The standard InChI is InChI=1S/C23H21BrF5N5O3S/c1-38(36,37)22-30-10-16(24)20(32-22)17(8-12-6-13(25)9-14(26)7-12)31-19(35)11-34-18-5-3-2-4-15(18)21(33-34)23(27,28)29/h6-7,9-10,17H,2-5,8,11H2,1H3,(H,31,35). The molecule has 8 nitrogen and oxygen atoms in total. The van der Waals surface area contributed by atoms with E-state index in [0.29, 0.717) is 31.0 Å². The lowest BCUT2D eigenvalue weighted by Crippen LogP contribution is -2.34. The maximum Gasteiger partial charge on any atom is 0.435 e. The molecule has 1 aromatic carbocycles. The first-order valence-corrected chi connectivity index (χ1v) is 14.0. The van der Waals surface area contributed by atoms with Gasteiger partial charge in [-0.15, -0.1) is 0 Å². The number of nitrogens with one attached hydrogen (secondary N) is 1. The van der Waals surface area contributed by atoms with E-state index in [2.05, 4.69) is 36.3 Å². The smallest absolute Gasteiger partial charge is 0.346 e. The molecule has 1 aliphatic carbocycles. The number of rotatable bonds is 7. The first-order valence-electron chi connectivity index (χ1n) is 11.3. The molecule has 0 saturated heterocycles. The van der Waals surface area contributed by atoms with Gasteiger partial charge in [0.2, 0.25) is 20.9 Å². The summed E-state index contributed by atoms with van der Waals surface area (Å²) < 4.78 is 93.6. The Hall–Kier alpha value is -2.94. The predicted octanol–water partition coefficient (Wildman–Crippen LogP) is 4.12. The third kappa shape index (κ3) is 6.37. The Balaban J connectivity index is 1.69. The highest BCUT2D eigenvalue weighted by Crippen LogP contribution is 2.36. The molecule has 1 atom stereocenters. The van der Waals surface area contributed by atoms with E-state index in [1.54, 1.807) is 0 Å². The molecule has 0 aliphatic heterocycles. The van der Waals surface area contributed by atoms with Crippen LogP contribution in [0.3, 0.4) is 0 Å². The van der Waals surface area contributed by atoms with Crippen LogP contribution in [-0.4, -0.2) is 40.3 Å². The number of carbonyl (C=O) groups excluding carboxylic acids is 1. The van der Waals surface area contributed by atoms with Gasteiger partial charge in [-0.25, -0.2) is 27.2 Å². The van der Waals surface area contributed by atoms with E-state index in [4.69, 9.17) is 0 Å². The molecular weight excluding hydrogens is 601 g/mol. The van der Waals surface area contributed by atoms with Gasteiger partial charge in [0.15, 0.2) is 5.69 Å². The van der Waals surface area contributed by atoms with Crippen LogP contribution in [-0.2, 0) is 46.6 Å². The van der Waals surface area contributed by atoms with E-state index in [1.807, 2.05) is 0 Å². The van der Waals surface area contributed by atoms with Crippen LogP contribution in [0.25, 0.3) is 0 Å². The van der Waals surface area contributed by atoms with Gasteiger partial charge in [-0.05, 0) is 65.7 Å².